The highest BCUT2D eigenvalue weighted by molar-refractivity contribution is 5.92. The molecule has 0 radical (unpaired) electrons. The number of aromatic nitrogens is 2. The van der Waals surface area contributed by atoms with Gasteiger partial charge in [-0.1, -0.05) is 25.1 Å². The number of benzene rings is 1. The number of hydrogen-bond acceptors (Lipinski definition) is 3. The summed E-state index contributed by atoms with van der Waals surface area (Å²) < 4.78 is 5.62. The van der Waals surface area contributed by atoms with Gasteiger partial charge in [-0.15, -0.1) is 0 Å². The van der Waals surface area contributed by atoms with Gasteiger partial charge >= 0.3 is 0 Å². The SMILES string of the molecule is CC[C@H](C)N(C)C(=O)c1cc(COc2ccccc2)[nH]n1. The van der Waals surface area contributed by atoms with Crippen LogP contribution in [0.4, 0.5) is 0 Å². The zero-order valence-electron chi connectivity index (χ0n) is 12.7. The van der Waals surface area contributed by atoms with Gasteiger partial charge in [0.15, 0.2) is 5.69 Å². The minimum Gasteiger partial charge on any atom is -0.487 e. The molecular weight excluding hydrogens is 266 g/mol. The smallest absolute Gasteiger partial charge is 0.274 e. The van der Waals surface area contributed by atoms with Gasteiger partial charge in [-0.25, -0.2) is 0 Å². The molecule has 0 unspecified atom stereocenters. The molecular formula is C16H21N3O2. The van der Waals surface area contributed by atoms with Crippen molar-refractivity contribution >= 4 is 5.91 Å². The second-order valence-electron chi connectivity index (χ2n) is 5.05. The maximum atomic E-state index is 12.2. The average Bonchev–Trinajstić information content (AvgIpc) is 3.00. The van der Waals surface area contributed by atoms with Crippen LogP contribution >= 0.6 is 0 Å². The Balaban J connectivity index is 1.96. The number of aromatic amines is 1. The number of para-hydroxylation sites is 1. The van der Waals surface area contributed by atoms with Crippen molar-refractivity contribution in [3.05, 3.63) is 47.8 Å². The van der Waals surface area contributed by atoms with Gasteiger partial charge < -0.3 is 9.64 Å². The molecule has 1 N–H and O–H groups in total. The predicted octanol–water partition coefficient (Wildman–Crippen LogP) is 2.86. The van der Waals surface area contributed by atoms with Crippen LogP contribution in [-0.2, 0) is 6.61 Å². The molecule has 21 heavy (non-hydrogen) atoms. The van der Waals surface area contributed by atoms with E-state index in [2.05, 4.69) is 17.1 Å². The number of carbonyl (C=O) groups is 1. The highest BCUT2D eigenvalue weighted by Gasteiger charge is 2.18. The first-order valence-corrected chi connectivity index (χ1v) is 7.11. The van der Waals surface area contributed by atoms with Gasteiger partial charge in [0.1, 0.15) is 12.4 Å². The number of nitrogens with zero attached hydrogens (tertiary/aromatic N) is 2. The molecule has 1 amide bonds. The molecule has 0 saturated carbocycles. The van der Waals surface area contributed by atoms with Gasteiger partial charge in [0.25, 0.3) is 5.91 Å². The van der Waals surface area contributed by atoms with Crippen molar-refractivity contribution in [2.75, 3.05) is 7.05 Å². The van der Waals surface area contributed by atoms with E-state index in [-0.39, 0.29) is 11.9 Å². The molecule has 1 atom stereocenters. The number of carbonyl (C=O) groups excluding carboxylic acids is 1. The minimum absolute atomic E-state index is 0.0773. The van der Waals surface area contributed by atoms with Crippen LogP contribution in [-0.4, -0.2) is 34.1 Å². The first-order chi connectivity index (χ1) is 10.1. The average molecular weight is 287 g/mol. The summed E-state index contributed by atoms with van der Waals surface area (Å²) in [6, 6.07) is 11.5. The van der Waals surface area contributed by atoms with Crippen molar-refractivity contribution in [3.63, 3.8) is 0 Å². The van der Waals surface area contributed by atoms with Gasteiger partial charge in [0, 0.05) is 13.1 Å². The van der Waals surface area contributed by atoms with Crippen molar-refractivity contribution in [2.24, 2.45) is 0 Å². The lowest BCUT2D eigenvalue weighted by Gasteiger charge is -2.22. The summed E-state index contributed by atoms with van der Waals surface area (Å²) in [6.45, 7) is 4.43. The van der Waals surface area contributed by atoms with Crippen molar-refractivity contribution < 1.29 is 9.53 Å². The molecule has 0 aliphatic rings. The Labute approximate surface area is 124 Å². The molecule has 1 aromatic heterocycles. The number of nitrogens with one attached hydrogen (secondary N) is 1. The van der Waals surface area contributed by atoms with E-state index in [0.29, 0.717) is 12.3 Å². The maximum Gasteiger partial charge on any atom is 0.274 e. The fourth-order valence-electron chi connectivity index (χ4n) is 1.88. The largest absolute Gasteiger partial charge is 0.487 e. The van der Waals surface area contributed by atoms with E-state index in [1.54, 1.807) is 18.0 Å². The van der Waals surface area contributed by atoms with Crippen LogP contribution in [0, 0.1) is 0 Å². The van der Waals surface area contributed by atoms with Crippen LogP contribution in [0.1, 0.15) is 36.5 Å². The van der Waals surface area contributed by atoms with Crippen molar-refractivity contribution in [1.29, 1.82) is 0 Å². The van der Waals surface area contributed by atoms with Gasteiger partial charge in [0.05, 0.1) is 5.69 Å². The van der Waals surface area contributed by atoms with Crippen LogP contribution < -0.4 is 4.74 Å². The van der Waals surface area contributed by atoms with Gasteiger partial charge in [-0.2, -0.15) is 5.10 Å². The summed E-state index contributed by atoms with van der Waals surface area (Å²) in [4.78, 5) is 13.9. The fraction of sp³-hybridized carbons (Fsp3) is 0.375. The van der Waals surface area contributed by atoms with E-state index in [9.17, 15) is 4.79 Å². The van der Waals surface area contributed by atoms with Crippen LogP contribution in [0.25, 0.3) is 0 Å². The third-order valence-corrected chi connectivity index (χ3v) is 3.56. The van der Waals surface area contributed by atoms with E-state index < -0.39 is 0 Å². The normalized spacial score (nSPS) is 12.0. The van der Waals surface area contributed by atoms with E-state index >= 15 is 0 Å². The molecule has 112 valence electrons. The zero-order chi connectivity index (χ0) is 15.2. The number of H-pyrrole nitrogens is 1. The van der Waals surface area contributed by atoms with E-state index in [0.717, 1.165) is 17.9 Å². The van der Waals surface area contributed by atoms with E-state index in [1.807, 2.05) is 37.3 Å². The lowest BCUT2D eigenvalue weighted by atomic mass is 10.2. The number of hydrogen-bond donors (Lipinski definition) is 1. The summed E-state index contributed by atoms with van der Waals surface area (Å²) in [5, 5.41) is 6.92. The molecule has 0 saturated heterocycles. The molecule has 2 aromatic rings. The quantitative estimate of drug-likeness (QED) is 0.888. The lowest BCUT2D eigenvalue weighted by Crippen LogP contribution is -2.34. The first-order valence-electron chi connectivity index (χ1n) is 7.11. The van der Waals surface area contributed by atoms with E-state index in [1.165, 1.54) is 0 Å². The van der Waals surface area contributed by atoms with E-state index in [4.69, 9.17) is 4.74 Å². The lowest BCUT2D eigenvalue weighted by molar-refractivity contribution is 0.0734. The molecule has 0 bridgehead atoms. The van der Waals surface area contributed by atoms with Crippen LogP contribution in [0.15, 0.2) is 36.4 Å². The standard InChI is InChI=1S/C16H21N3O2/c1-4-12(2)19(3)16(20)15-10-13(17-18-15)11-21-14-8-6-5-7-9-14/h5-10,12H,4,11H2,1-3H3,(H,17,18)/t12-/m0/s1. The molecule has 5 heteroatoms. The first kappa shape index (κ1) is 15.1. The maximum absolute atomic E-state index is 12.2. The number of amides is 1. The Hall–Kier alpha value is -2.30. The molecule has 0 spiro atoms. The van der Waals surface area contributed by atoms with Crippen molar-refractivity contribution in [1.82, 2.24) is 15.1 Å². The second kappa shape index (κ2) is 6.92. The van der Waals surface area contributed by atoms with Crippen LogP contribution in [0.5, 0.6) is 5.75 Å². The number of rotatable bonds is 6. The molecule has 1 heterocycles. The molecule has 0 aliphatic carbocycles. The Kier molecular flexibility index (Phi) is 4.98. The monoisotopic (exact) mass is 287 g/mol. The van der Waals surface area contributed by atoms with Crippen LogP contribution in [0.3, 0.4) is 0 Å². The molecule has 0 fully saturated rings. The van der Waals surface area contributed by atoms with Gasteiger partial charge in [-0.05, 0) is 31.5 Å². The molecule has 5 nitrogen and oxygen atoms in total. The summed E-state index contributed by atoms with van der Waals surface area (Å²) >= 11 is 0. The Morgan fingerprint density at radius 2 is 2.10 bits per heavy atom. The highest BCUT2D eigenvalue weighted by atomic mass is 16.5. The minimum atomic E-state index is -0.0773. The predicted molar refractivity (Wildman–Crippen MR) is 81.2 cm³/mol. The highest BCUT2D eigenvalue weighted by Crippen LogP contribution is 2.12. The van der Waals surface area contributed by atoms with Gasteiger partial charge in [-0.3, -0.25) is 9.89 Å². The topological polar surface area (TPSA) is 58.2 Å². The Bertz CT molecular complexity index is 580. The zero-order valence-corrected chi connectivity index (χ0v) is 12.7. The summed E-state index contributed by atoms with van der Waals surface area (Å²) in [7, 11) is 1.80. The van der Waals surface area contributed by atoms with Gasteiger partial charge in [0.2, 0.25) is 0 Å². The summed E-state index contributed by atoms with van der Waals surface area (Å²) in [5.41, 5.74) is 1.20. The fourth-order valence-corrected chi connectivity index (χ4v) is 1.88. The molecule has 2 rings (SSSR count). The number of ether oxygens (including phenoxy) is 1. The third-order valence-electron chi connectivity index (χ3n) is 3.56. The Morgan fingerprint density at radius 1 is 1.38 bits per heavy atom. The van der Waals surface area contributed by atoms with Crippen LogP contribution in [0.2, 0.25) is 0 Å². The summed E-state index contributed by atoms with van der Waals surface area (Å²) in [5.74, 6) is 0.711. The van der Waals surface area contributed by atoms with Crippen molar-refractivity contribution in [3.8, 4) is 5.75 Å². The molecule has 0 aliphatic heterocycles. The third kappa shape index (κ3) is 3.84. The van der Waals surface area contributed by atoms with Crippen molar-refractivity contribution in [2.45, 2.75) is 32.9 Å². The Morgan fingerprint density at radius 3 is 2.76 bits per heavy atom. The summed E-state index contributed by atoms with van der Waals surface area (Å²) in [6.07, 6.45) is 0.913. The molecule has 1 aromatic carbocycles. The second-order valence-corrected chi connectivity index (χ2v) is 5.05.